The van der Waals surface area contributed by atoms with Gasteiger partial charge in [0.15, 0.2) is 0 Å². The molecule has 0 bridgehead atoms. The minimum absolute atomic E-state index is 0.200. The molecule has 0 aliphatic carbocycles. The van der Waals surface area contributed by atoms with Crippen molar-refractivity contribution in [3.8, 4) is 0 Å². The second-order valence-electron chi connectivity index (χ2n) is 3.24. The summed E-state index contributed by atoms with van der Waals surface area (Å²) in [7, 11) is 0. The second-order valence-corrected chi connectivity index (χ2v) is 4.09. The molecule has 0 aromatic heterocycles. The quantitative estimate of drug-likeness (QED) is 0.610. The molecule has 1 aromatic rings. The normalized spacial score (nSPS) is 12.5. The summed E-state index contributed by atoms with van der Waals surface area (Å²) in [5.41, 5.74) is 0.994. The van der Waals surface area contributed by atoms with Crippen LogP contribution in [-0.2, 0) is 0 Å². The van der Waals surface area contributed by atoms with Gasteiger partial charge in [-0.05, 0) is 18.4 Å². The molecule has 0 radical (unpaired) electrons. The molecule has 0 heterocycles. The fourth-order valence-corrected chi connectivity index (χ4v) is 2.12. The number of hydrogen-bond donors (Lipinski definition) is 0. The lowest BCUT2D eigenvalue weighted by atomic mass is 9.97. The summed E-state index contributed by atoms with van der Waals surface area (Å²) >= 11 is 3.35. The van der Waals surface area contributed by atoms with Gasteiger partial charge in [-0.3, -0.25) is 10.1 Å². The SMILES string of the molecule is CCC(C)c1c(Br)cccc1[N+](=O)[O-]. The predicted molar refractivity (Wildman–Crippen MR) is 59.5 cm³/mol. The first-order chi connectivity index (χ1) is 6.57. The summed E-state index contributed by atoms with van der Waals surface area (Å²) in [4.78, 5) is 10.5. The van der Waals surface area contributed by atoms with Crippen molar-refractivity contribution in [1.82, 2.24) is 0 Å². The van der Waals surface area contributed by atoms with E-state index in [1.165, 1.54) is 0 Å². The maximum Gasteiger partial charge on any atom is 0.273 e. The monoisotopic (exact) mass is 257 g/mol. The van der Waals surface area contributed by atoms with Crippen LogP contribution in [0.4, 0.5) is 5.69 Å². The molecule has 0 aliphatic heterocycles. The molecule has 0 N–H and O–H groups in total. The van der Waals surface area contributed by atoms with Crippen LogP contribution < -0.4 is 0 Å². The van der Waals surface area contributed by atoms with Gasteiger partial charge in [-0.1, -0.05) is 35.8 Å². The van der Waals surface area contributed by atoms with Gasteiger partial charge in [0.25, 0.3) is 5.69 Å². The summed E-state index contributed by atoms with van der Waals surface area (Å²) in [5, 5.41) is 10.8. The van der Waals surface area contributed by atoms with Crippen LogP contribution in [0.2, 0.25) is 0 Å². The Labute approximate surface area is 91.4 Å². The molecule has 76 valence electrons. The third-order valence-electron chi connectivity index (χ3n) is 2.33. The predicted octanol–water partition coefficient (Wildman–Crippen LogP) is 3.87. The van der Waals surface area contributed by atoms with Crippen LogP contribution in [0.3, 0.4) is 0 Å². The van der Waals surface area contributed by atoms with E-state index in [-0.39, 0.29) is 16.5 Å². The molecule has 0 aliphatic rings. The average Bonchev–Trinajstić information content (AvgIpc) is 2.16. The van der Waals surface area contributed by atoms with Crippen molar-refractivity contribution in [1.29, 1.82) is 0 Å². The highest BCUT2D eigenvalue weighted by Gasteiger charge is 2.20. The molecular formula is C10H12BrNO2. The number of halogens is 1. The van der Waals surface area contributed by atoms with E-state index >= 15 is 0 Å². The first-order valence-electron chi connectivity index (χ1n) is 4.50. The largest absolute Gasteiger partial charge is 0.273 e. The summed E-state index contributed by atoms with van der Waals surface area (Å²) in [6.45, 7) is 4.01. The molecule has 0 amide bonds. The zero-order valence-electron chi connectivity index (χ0n) is 8.16. The molecule has 0 saturated heterocycles. The number of nitrogens with zero attached hydrogens (tertiary/aromatic N) is 1. The molecule has 0 saturated carbocycles. The maximum atomic E-state index is 10.8. The van der Waals surface area contributed by atoms with E-state index in [1.807, 2.05) is 19.9 Å². The number of nitro groups is 1. The third kappa shape index (κ3) is 2.12. The molecule has 3 nitrogen and oxygen atoms in total. The van der Waals surface area contributed by atoms with E-state index in [4.69, 9.17) is 0 Å². The van der Waals surface area contributed by atoms with E-state index in [2.05, 4.69) is 15.9 Å². The van der Waals surface area contributed by atoms with Crippen LogP contribution in [0.5, 0.6) is 0 Å². The van der Waals surface area contributed by atoms with Crippen molar-refractivity contribution in [2.75, 3.05) is 0 Å². The van der Waals surface area contributed by atoms with E-state index in [9.17, 15) is 10.1 Å². The molecule has 1 aromatic carbocycles. The summed E-state index contributed by atoms with van der Waals surface area (Å²) in [5.74, 6) is 0.200. The van der Waals surface area contributed by atoms with Crippen molar-refractivity contribution >= 4 is 21.6 Å². The van der Waals surface area contributed by atoms with Gasteiger partial charge in [-0.25, -0.2) is 0 Å². The van der Waals surface area contributed by atoms with Crippen molar-refractivity contribution in [2.45, 2.75) is 26.2 Å². The van der Waals surface area contributed by atoms with Gasteiger partial charge < -0.3 is 0 Å². The lowest BCUT2D eigenvalue weighted by Crippen LogP contribution is -2.00. The Morgan fingerprint density at radius 2 is 2.21 bits per heavy atom. The summed E-state index contributed by atoms with van der Waals surface area (Å²) < 4.78 is 0.820. The highest BCUT2D eigenvalue weighted by atomic mass is 79.9. The molecule has 1 unspecified atom stereocenters. The minimum atomic E-state index is -0.327. The first kappa shape index (κ1) is 11.2. The lowest BCUT2D eigenvalue weighted by Gasteiger charge is -2.11. The number of hydrogen-bond acceptors (Lipinski definition) is 2. The van der Waals surface area contributed by atoms with Crippen LogP contribution in [0.25, 0.3) is 0 Å². The van der Waals surface area contributed by atoms with Crippen LogP contribution >= 0.6 is 15.9 Å². The number of benzene rings is 1. The van der Waals surface area contributed by atoms with Crippen LogP contribution in [-0.4, -0.2) is 4.92 Å². The van der Waals surface area contributed by atoms with E-state index < -0.39 is 0 Å². The second kappa shape index (κ2) is 4.55. The Hall–Kier alpha value is -0.900. The topological polar surface area (TPSA) is 43.1 Å². The molecule has 0 fully saturated rings. The third-order valence-corrected chi connectivity index (χ3v) is 3.02. The Morgan fingerprint density at radius 1 is 1.57 bits per heavy atom. The zero-order valence-corrected chi connectivity index (χ0v) is 9.74. The van der Waals surface area contributed by atoms with Gasteiger partial charge in [0.05, 0.1) is 4.92 Å². The van der Waals surface area contributed by atoms with Gasteiger partial charge in [-0.15, -0.1) is 0 Å². The van der Waals surface area contributed by atoms with Gasteiger partial charge in [0.1, 0.15) is 0 Å². The van der Waals surface area contributed by atoms with Crippen molar-refractivity contribution in [3.63, 3.8) is 0 Å². The Morgan fingerprint density at radius 3 is 2.71 bits per heavy atom. The highest BCUT2D eigenvalue weighted by Crippen LogP contribution is 2.34. The molecule has 14 heavy (non-hydrogen) atoms. The van der Waals surface area contributed by atoms with Crippen molar-refractivity contribution < 1.29 is 4.92 Å². The smallest absolute Gasteiger partial charge is 0.258 e. The van der Waals surface area contributed by atoms with Gasteiger partial charge in [0.2, 0.25) is 0 Å². The van der Waals surface area contributed by atoms with Gasteiger partial charge in [-0.2, -0.15) is 0 Å². The van der Waals surface area contributed by atoms with Crippen molar-refractivity contribution in [3.05, 3.63) is 38.3 Å². The number of nitro benzene ring substituents is 1. The van der Waals surface area contributed by atoms with E-state index in [0.717, 1.165) is 16.5 Å². The van der Waals surface area contributed by atoms with Crippen LogP contribution in [0.15, 0.2) is 22.7 Å². The average molecular weight is 258 g/mol. The van der Waals surface area contributed by atoms with Crippen LogP contribution in [0, 0.1) is 10.1 Å². The fraction of sp³-hybridized carbons (Fsp3) is 0.400. The van der Waals surface area contributed by atoms with Gasteiger partial charge in [0, 0.05) is 16.1 Å². The molecule has 1 atom stereocenters. The van der Waals surface area contributed by atoms with Gasteiger partial charge >= 0.3 is 0 Å². The molecule has 0 spiro atoms. The van der Waals surface area contributed by atoms with E-state index in [1.54, 1.807) is 12.1 Å². The molecule has 4 heteroatoms. The summed E-state index contributed by atoms with van der Waals surface area (Å²) in [6.07, 6.45) is 0.892. The van der Waals surface area contributed by atoms with Crippen LogP contribution in [0.1, 0.15) is 31.7 Å². The molecular weight excluding hydrogens is 246 g/mol. The van der Waals surface area contributed by atoms with Crippen molar-refractivity contribution in [2.24, 2.45) is 0 Å². The Kier molecular flexibility index (Phi) is 3.63. The standard InChI is InChI=1S/C10H12BrNO2/c1-3-7(2)10-8(11)5-4-6-9(10)12(13)14/h4-7H,3H2,1-2H3. The Bertz CT molecular complexity index is 352. The highest BCUT2D eigenvalue weighted by molar-refractivity contribution is 9.10. The maximum absolute atomic E-state index is 10.8. The number of rotatable bonds is 3. The lowest BCUT2D eigenvalue weighted by molar-refractivity contribution is -0.385. The molecule has 1 rings (SSSR count). The fourth-order valence-electron chi connectivity index (χ4n) is 1.38. The minimum Gasteiger partial charge on any atom is -0.258 e. The Balaban J connectivity index is 3.29. The first-order valence-corrected chi connectivity index (χ1v) is 5.30. The van der Waals surface area contributed by atoms with E-state index in [0.29, 0.717) is 0 Å². The summed E-state index contributed by atoms with van der Waals surface area (Å²) in [6, 6.07) is 5.08. The zero-order chi connectivity index (χ0) is 10.7.